The second kappa shape index (κ2) is 8.56. The first-order valence-corrected chi connectivity index (χ1v) is 7.99. The van der Waals surface area contributed by atoms with Crippen molar-refractivity contribution in [2.45, 2.75) is 26.9 Å². The fraction of sp³-hybridized carbons (Fsp3) is 0.316. The van der Waals surface area contributed by atoms with Crippen molar-refractivity contribution in [1.82, 2.24) is 10.6 Å². The van der Waals surface area contributed by atoms with E-state index in [1.807, 2.05) is 44.2 Å². The highest BCUT2D eigenvalue weighted by Gasteiger charge is 2.25. The topological polar surface area (TPSA) is 78.5 Å². The highest BCUT2D eigenvalue weighted by Crippen LogP contribution is 2.30. The second-order valence-corrected chi connectivity index (χ2v) is 5.71. The molecule has 1 heterocycles. The molecular formula is C19H20N4O2. The van der Waals surface area contributed by atoms with Gasteiger partial charge in [-0.05, 0) is 18.9 Å². The van der Waals surface area contributed by atoms with Crippen molar-refractivity contribution in [3.05, 3.63) is 70.0 Å². The fourth-order valence-electron chi connectivity index (χ4n) is 2.68. The van der Waals surface area contributed by atoms with E-state index in [1.54, 1.807) is 0 Å². The highest BCUT2D eigenvalue weighted by atomic mass is 16.5. The Hall–Kier alpha value is -3.25. The molecule has 6 heteroatoms. The number of carbonyl (C=O) groups is 1. The zero-order valence-corrected chi connectivity index (χ0v) is 14.3. The summed E-state index contributed by atoms with van der Waals surface area (Å²) in [5, 5.41) is 15.0. The molecule has 0 saturated carbocycles. The van der Waals surface area contributed by atoms with Gasteiger partial charge in [0.1, 0.15) is 6.61 Å². The van der Waals surface area contributed by atoms with E-state index < -0.39 is 6.09 Å². The van der Waals surface area contributed by atoms with E-state index in [9.17, 15) is 10.1 Å². The SMILES string of the molecule is [C-]#[N+]C1=C(CCNC(=O)OCc2ccccc2)NC(C)=C(C#N)[C@H]1C. The average molecular weight is 336 g/mol. The lowest BCUT2D eigenvalue weighted by Crippen LogP contribution is -2.29. The Balaban J connectivity index is 1.85. The standard InChI is InChI=1S/C19H20N4O2/c1-13-16(11-20)14(2)23-17(18(13)21-3)9-10-22-19(24)25-12-15-7-5-4-6-8-15/h4-8,13,23H,9-10,12H2,1-2H3,(H,22,24)/t13-/m1/s1. The minimum absolute atomic E-state index is 0.214. The molecule has 0 saturated heterocycles. The molecule has 6 nitrogen and oxygen atoms in total. The van der Waals surface area contributed by atoms with Gasteiger partial charge in [-0.25, -0.2) is 9.64 Å². The molecule has 2 N–H and O–H groups in total. The molecule has 25 heavy (non-hydrogen) atoms. The number of alkyl carbamates (subject to hydrolysis) is 1. The summed E-state index contributed by atoms with van der Waals surface area (Å²) in [5.74, 6) is -0.233. The van der Waals surface area contributed by atoms with Crippen molar-refractivity contribution in [3.8, 4) is 6.07 Å². The van der Waals surface area contributed by atoms with Crippen LogP contribution in [0.2, 0.25) is 0 Å². The Morgan fingerprint density at radius 2 is 2.16 bits per heavy atom. The molecular weight excluding hydrogens is 316 g/mol. The molecule has 0 bridgehead atoms. The van der Waals surface area contributed by atoms with Crippen molar-refractivity contribution in [3.63, 3.8) is 0 Å². The third-order valence-electron chi connectivity index (χ3n) is 3.99. The number of carbonyl (C=O) groups excluding carboxylic acids is 1. The van der Waals surface area contributed by atoms with Crippen LogP contribution in [0.3, 0.4) is 0 Å². The Kier molecular flexibility index (Phi) is 6.20. The molecule has 1 aromatic carbocycles. The van der Waals surface area contributed by atoms with Crippen LogP contribution in [0.25, 0.3) is 4.85 Å². The van der Waals surface area contributed by atoms with E-state index in [4.69, 9.17) is 11.3 Å². The van der Waals surface area contributed by atoms with Crippen LogP contribution in [0.5, 0.6) is 0 Å². The lowest BCUT2D eigenvalue weighted by Gasteiger charge is -2.24. The molecule has 0 spiro atoms. The molecule has 0 radical (unpaired) electrons. The zero-order chi connectivity index (χ0) is 18.2. The number of hydrogen-bond acceptors (Lipinski definition) is 4. The highest BCUT2D eigenvalue weighted by molar-refractivity contribution is 5.67. The lowest BCUT2D eigenvalue weighted by atomic mass is 9.92. The Labute approximate surface area is 147 Å². The summed E-state index contributed by atoms with van der Waals surface area (Å²) in [7, 11) is 0. The van der Waals surface area contributed by atoms with Crippen LogP contribution in [-0.2, 0) is 11.3 Å². The monoisotopic (exact) mass is 336 g/mol. The molecule has 0 unspecified atom stereocenters. The van der Waals surface area contributed by atoms with E-state index >= 15 is 0 Å². The number of rotatable bonds is 5. The molecule has 1 aliphatic heterocycles. The minimum atomic E-state index is -0.498. The van der Waals surface area contributed by atoms with Crippen LogP contribution in [0.1, 0.15) is 25.8 Å². The van der Waals surface area contributed by atoms with E-state index in [0.29, 0.717) is 24.2 Å². The smallest absolute Gasteiger partial charge is 0.407 e. The van der Waals surface area contributed by atoms with Crippen molar-refractivity contribution >= 4 is 6.09 Å². The lowest BCUT2D eigenvalue weighted by molar-refractivity contribution is 0.140. The largest absolute Gasteiger partial charge is 0.445 e. The van der Waals surface area contributed by atoms with E-state index in [2.05, 4.69) is 21.5 Å². The molecule has 1 aromatic rings. The zero-order valence-electron chi connectivity index (χ0n) is 14.3. The van der Waals surface area contributed by atoms with E-state index in [1.165, 1.54) is 0 Å². The average Bonchev–Trinajstić information content (AvgIpc) is 2.61. The van der Waals surface area contributed by atoms with Crippen LogP contribution in [-0.4, -0.2) is 12.6 Å². The third kappa shape index (κ3) is 4.62. The number of nitriles is 1. The normalized spacial score (nSPS) is 16.6. The van der Waals surface area contributed by atoms with Gasteiger partial charge in [0.2, 0.25) is 0 Å². The summed E-state index contributed by atoms with van der Waals surface area (Å²) >= 11 is 0. The van der Waals surface area contributed by atoms with Gasteiger partial charge >= 0.3 is 6.09 Å². The third-order valence-corrected chi connectivity index (χ3v) is 3.99. The fourth-order valence-corrected chi connectivity index (χ4v) is 2.68. The summed E-state index contributed by atoms with van der Waals surface area (Å²) in [6.45, 7) is 11.6. The van der Waals surface area contributed by atoms with Crippen molar-refractivity contribution in [2.24, 2.45) is 5.92 Å². The van der Waals surface area contributed by atoms with Crippen molar-refractivity contribution in [2.75, 3.05) is 6.54 Å². The summed E-state index contributed by atoms with van der Waals surface area (Å²) < 4.78 is 5.15. The van der Waals surface area contributed by atoms with Gasteiger partial charge in [0.25, 0.3) is 0 Å². The number of nitrogens with zero attached hydrogens (tertiary/aromatic N) is 2. The summed E-state index contributed by atoms with van der Waals surface area (Å²) in [4.78, 5) is 15.3. The van der Waals surface area contributed by atoms with Crippen LogP contribution < -0.4 is 10.6 Å². The number of benzene rings is 1. The van der Waals surface area contributed by atoms with Gasteiger partial charge in [-0.3, -0.25) is 0 Å². The molecule has 1 atom stereocenters. The predicted octanol–water partition coefficient (Wildman–Crippen LogP) is 3.47. The summed E-state index contributed by atoms with van der Waals surface area (Å²) in [5.41, 5.74) is 3.50. The summed E-state index contributed by atoms with van der Waals surface area (Å²) in [6, 6.07) is 11.6. The van der Waals surface area contributed by atoms with E-state index in [-0.39, 0.29) is 12.5 Å². The first-order chi connectivity index (χ1) is 12.1. The number of nitrogens with one attached hydrogen (secondary N) is 2. The maximum Gasteiger partial charge on any atom is 0.407 e. The Morgan fingerprint density at radius 3 is 2.80 bits per heavy atom. The first-order valence-electron chi connectivity index (χ1n) is 7.99. The van der Waals surface area contributed by atoms with Crippen molar-refractivity contribution < 1.29 is 9.53 Å². The van der Waals surface area contributed by atoms with Crippen LogP contribution in [0.4, 0.5) is 4.79 Å². The maximum atomic E-state index is 11.8. The molecule has 0 aliphatic carbocycles. The quantitative estimate of drug-likeness (QED) is 0.807. The van der Waals surface area contributed by atoms with Gasteiger partial charge in [0, 0.05) is 29.4 Å². The number of ether oxygens (including phenoxy) is 1. The molecule has 1 amide bonds. The van der Waals surface area contributed by atoms with Crippen molar-refractivity contribution in [1.29, 1.82) is 5.26 Å². The minimum Gasteiger partial charge on any atom is -0.445 e. The molecule has 128 valence electrons. The maximum absolute atomic E-state index is 11.8. The van der Waals surface area contributed by atoms with Crippen LogP contribution in [0, 0.1) is 23.8 Å². The molecule has 1 aliphatic rings. The van der Waals surface area contributed by atoms with Gasteiger partial charge in [0.05, 0.1) is 12.6 Å². The van der Waals surface area contributed by atoms with Crippen LogP contribution in [0.15, 0.2) is 53.0 Å². The van der Waals surface area contributed by atoms with E-state index in [0.717, 1.165) is 17.0 Å². The molecule has 2 rings (SSSR count). The number of allylic oxidation sites excluding steroid dienone is 2. The first kappa shape index (κ1) is 18.1. The van der Waals surface area contributed by atoms with Crippen LogP contribution >= 0.6 is 0 Å². The molecule has 0 aromatic heterocycles. The van der Waals surface area contributed by atoms with Gasteiger partial charge < -0.3 is 15.4 Å². The second-order valence-electron chi connectivity index (χ2n) is 5.71. The number of amides is 1. The Bertz CT molecular complexity index is 782. The van der Waals surface area contributed by atoms with Gasteiger partial charge in [-0.1, -0.05) is 37.3 Å². The van der Waals surface area contributed by atoms with Gasteiger partial charge in [0.15, 0.2) is 5.70 Å². The summed E-state index contributed by atoms with van der Waals surface area (Å²) in [6.07, 6.45) is -0.0268. The number of dihydropyridines is 1. The van der Waals surface area contributed by atoms with Gasteiger partial charge in [-0.15, -0.1) is 0 Å². The predicted molar refractivity (Wildman–Crippen MR) is 93.5 cm³/mol. The van der Waals surface area contributed by atoms with Gasteiger partial charge in [-0.2, -0.15) is 5.26 Å². The molecule has 0 fully saturated rings. The number of hydrogen-bond donors (Lipinski definition) is 2. The Morgan fingerprint density at radius 1 is 1.44 bits per heavy atom.